The maximum absolute atomic E-state index is 13.2. The number of hydrogen-bond acceptors (Lipinski definition) is 7. The number of methoxy groups -OCH3 is 1. The second kappa shape index (κ2) is 11.4. The van der Waals surface area contributed by atoms with Gasteiger partial charge in [-0.3, -0.25) is 19.9 Å². The van der Waals surface area contributed by atoms with Crippen LogP contribution >= 0.6 is 0 Å². The van der Waals surface area contributed by atoms with Gasteiger partial charge in [-0.2, -0.15) is 0 Å². The van der Waals surface area contributed by atoms with E-state index in [4.69, 9.17) is 9.47 Å². The minimum absolute atomic E-state index is 0.130. The maximum atomic E-state index is 13.2. The van der Waals surface area contributed by atoms with E-state index in [1.54, 1.807) is 26.0 Å². The van der Waals surface area contributed by atoms with E-state index in [9.17, 15) is 19.7 Å². The molecule has 1 aliphatic rings. The van der Waals surface area contributed by atoms with E-state index in [2.05, 4.69) is 4.99 Å². The molecule has 2 aromatic carbocycles. The van der Waals surface area contributed by atoms with Gasteiger partial charge >= 0.3 is 11.9 Å². The Morgan fingerprint density at radius 3 is 2.47 bits per heavy atom. The van der Waals surface area contributed by atoms with Gasteiger partial charge in [-0.15, -0.1) is 0 Å². The lowest BCUT2D eigenvalue weighted by Crippen LogP contribution is -2.36. The number of non-ortho nitro benzene ring substituents is 1. The van der Waals surface area contributed by atoms with Gasteiger partial charge in [0.2, 0.25) is 0 Å². The summed E-state index contributed by atoms with van der Waals surface area (Å²) < 4.78 is 10.4. The Balaban J connectivity index is 2.09. The van der Waals surface area contributed by atoms with E-state index in [1.165, 1.54) is 24.8 Å². The van der Waals surface area contributed by atoms with Crippen LogP contribution in [-0.2, 0) is 25.5 Å². The molecule has 178 valence electrons. The van der Waals surface area contributed by atoms with Crippen molar-refractivity contribution >= 4 is 23.3 Å². The number of ether oxygens (including phenoxy) is 2. The number of carbonyl (C=O) groups excluding carboxylic acids is 2. The number of esters is 2. The van der Waals surface area contributed by atoms with E-state index < -0.39 is 28.7 Å². The number of carbonyl (C=O) groups is 2. The first-order valence-corrected chi connectivity index (χ1v) is 11.2. The monoisotopic (exact) mass is 464 g/mol. The van der Waals surface area contributed by atoms with Crippen LogP contribution in [-0.4, -0.2) is 36.3 Å². The molecule has 0 N–H and O–H groups in total. The molecular formula is C26H28N2O6. The molecule has 2 aromatic rings. The molecule has 0 spiro atoms. The van der Waals surface area contributed by atoms with Crippen molar-refractivity contribution in [2.45, 2.75) is 39.0 Å². The summed E-state index contributed by atoms with van der Waals surface area (Å²) in [4.78, 5) is 41.5. The zero-order valence-corrected chi connectivity index (χ0v) is 19.5. The molecule has 2 atom stereocenters. The van der Waals surface area contributed by atoms with Gasteiger partial charge < -0.3 is 9.47 Å². The van der Waals surface area contributed by atoms with Crippen LogP contribution in [0.4, 0.5) is 5.69 Å². The van der Waals surface area contributed by atoms with Crippen LogP contribution in [0.3, 0.4) is 0 Å². The smallest absolute Gasteiger partial charge is 0.336 e. The fourth-order valence-electron chi connectivity index (χ4n) is 4.30. The quantitative estimate of drug-likeness (QED) is 0.300. The Bertz CT molecular complexity index is 1120. The van der Waals surface area contributed by atoms with Gasteiger partial charge in [0.1, 0.15) is 5.92 Å². The van der Waals surface area contributed by atoms with E-state index in [0.29, 0.717) is 23.4 Å². The largest absolute Gasteiger partial charge is 0.468 e. The van der Waals surface area contributed by atoms with Crippen molar-refractivity contribution in [3.05, 3.63) is 87.1 Å². The minimum Gasteiger partial charge on any atom is -0.468 e. The molecule has 0 fully saturated rings. The molecule has 2 unspecified atom stereocenters. The van der Waals surface area contributed by atoms with Crippen LogP contribution in [0, 0.1) is 16.0 Å². The molecule has 0 saturated heterocycles. The SMILES string of the molecule is CCOC(=O)C1=C(CCCc2ccccc2)N=C(C)C(C(=O)OC)C1c1cccc([N+](=O)[O-])c1. The lowest BCUT2D eigenvalue weighted by Gasteiger charge is -2.32. The fourth-order valence-corrected chi connectivity index (χ4v) is 4.30. The number of hydrogen-bond donors (Lipinski definition) is 0. The summed E-state index contributed by atoms with van der Waals surface area (Å²) in [5.41, 5.74) is 2.77. The molecule has 34 heavy (non-hydrogen) atoms. The Morgan fingerprint density at radius 2 is 1.82 bits per heavy atom. The van der Waals surface area contributed by atoms with Crippen molar-refractivity contribution in [2.24, 2.45) is 10.9 Å². The van der Waals surface area contributed by atoms with Crippen LogP contribution in [0.2, 0.25) is 0 Å². The number of nitro benzene ring substituents is 1. The Labute approximate surface area is 198 Å². The lowest BCUT2D eigenvalue weighted by atomic mass is 9.75. The first-order valence-electron chi connectivity index (χ1n) is 11.2. The average Bonchev–Trinajstić information content (AvgIpc) is 2.84. The van der Waals surface area contributed by atoms with Crippen molar-refractivity contribution in [1.29, 1.82) is 0 Å². The summed E-state index contributed by atoms with van der Waals surface area (Å²) in [6.45, 7) is 3.56. The van der Waals surface area contributed by atoms with Crippen molar-refractivity contribution in [1.82, 2.24) is 0 Å². The summed E-state index contributed by atoms with van der Waals surface area (Å²) in [7, 11) is 1.27. The number of benzene rings is 2. The zero-order valence-electron chi connectivity index (χ0n) is 19.5. The van der Waals surface area contributed by atoms with Gasteiger partial charge in [-0.1, -0.05) is 42.5 Å². The molecule has 0 aromatic heterocycles. The summed E-state index contributed by atoms with van der Waals surface area (Å²) in [6.07, 6.45) is 2.00. The number of rotatable bonds is 9. The highest BCUT2D eigenvalue weighted by molar-refractivity contribution is 6.07. The minimum atomic E-state index is -0.899. The van der Waals surface area contributed by atoms with Gasteiger partial charge in [0, 0.05) is 23.8 Å². The molecule has 8 heteroatoms. The fraction of sp³-hybridized carbons (Fsp3) is 0.346. The number of allylic oxidation sites excluding steroid dienone is 1. The molecule has 8 nitrogen and oxygen atoms in total. The highest BCUT2D eigenvalue weighted by atomic mass is 16.6. The molecule has 1 heterocycles. The molecule has 0 saturated carbocycles. The summed E-state index contributed by atoms with van der Waals surface area (Å²) in [6, 6.07) is 15.9. The molecule has 0 amide bonds. The molecule has 1 aliphatic heterocycles. The second-order valence-corrected chi connectivity index (χ2v) is 8.00. The van der Waals surface area contributed by atoms with Gasteiger partial charge in [0.15, 0.2) is 0 Å². The van der Waals surface area contributed by atoms with Gasteiger partial charge in [-0.05, 0) is 44.2 Å². The molecular weight excluding hydrogens is 436 g/mol. The molecule has 3 rings (SSSR count). The van der Waals surface area contributed by atoms with E-state index in [-0.39, 0.29) is 17.9 Å². The van der Waals surface area contributed by atoms with Crippen molar-refractivity contribution in [2.75, 3.05) is 13.7 Å². The Hall–Kier alpha value is -3.81. The third kappa shape index (κ3) is 5.57. The third-order valence-corrected chi connectivity index (χ3v) is 5.83. The summed E-state index contributed by atoms with van der Waals surface area (Å²) in [5, 5.41) is 11.4. The van der Waals surface area contributed by atoms with Gasteiger partial charge in [0.25, 0.3) is 5.69 Å². The zero-order chi connectivity index (χ0) is 24.7. The van der Waals surface area contributed by atoms with Crippen molar-refractivity contribution in [3.63, 3.8) is 0 Å². The van der Waals surface area contributed by atoms with Crippen molar-refractivity contribution in [3.8, 4) is 0 Å². The number of nitro groups is 1. The van der Waals surface area contributed by atoms with E-state index in [0.717, 1.165) is 12.8 Å². The third-order valence-electron chi connectivity index (χ3n) is 5.83. The van der Waals surface area contributed by atoms with Crippen LogP contribution < -0.4 is 0 Å². The van der Waals surface area contributed by atoms with Crippen LogP contribution in [0.1, 0.15) is 43.7 Å². The molecule has 0 aliphatic carbocycles. The average molecular weight is 465 g/mol. The predicted molar refractivity (Wildman–Crippen MR) is 127 cm³/mol. The molecule has 0 bridgehead atoms. The standard InChI is InChI=1S/C26H28N2O6/c1-4-34-26(30)24-21(15-8-12-18-10-6-5-7-11-18)27-17(2)22(25(29)33-3)23(24)19-13-9-14-20(16-19)28(31)32/h5-7,9-11,13-14,16,22-23H,4,8,12,15H2,1-3H3. The normalized spacial score (nSPS) is 17.7. The summed E-state index contributed by atoms with van der Waals surface area (Å²) in [5.74, 6) is -2.86. The maximum Gasteiger partial charge on any atom is 0.336 e. The summed E-state index contributed by atoms with van der Waals surface area (Å²) >= 11 is 0. The van der Waals surface area contributed by atoms with Crippen LogP contribution in [0.5, 0.6) is 0 Å². The molecule has 0 radical (unpaired) electrons. The van der Waals surface area contributed by atoms with E-state index in [1.807, 2.05) is 30.3 Å². The van der Waals surface area contributed by atoms with Gasteiger partial charge in [0.05, 0.1) is 29.9 Å². The van der Waals surface area contributed by atoms with E-state index >= 15 is 0 Å². The van der Waals surface area contributed by atoms with Crippen molar-refractivity contribution < 1.29 is 24.0 Å². The number of aryl methyl sites for hydroxylation is 1. The topological polar surface area (TPSA) is 108 Å². The highest BCUT2D eigenvalue weighted by Crippen LogP contribution is 2.42. The van der Waals surface area contributed by atoms with Gasteiger partial charge in [-0.25, -0.2) is 4.79 Å². The second-order valence-electron chi connectivity index (χ2n) is 8.00. The first kappa shape index (κ1) is 24.8. The number of nitrogens with zero attached hydrogens (tertiary/aromatic N) is 2. The van der Waals surface area contributed by atoms with Crippen LogP contribution in [0.15, 0.2) is 70.9 Å². The highest BCUT2D eigenvalue weighted by Gasteiger charge is 2.43. The number of aliphatic imine (C=N–C) groups is 1. The Kier molecular flexibility index (Phi) is 8.29. The lowest BCUT2D eigenvalue weighted by molar-refractivity contribution is -0.384. The Morgan fingerprint density at radius 1 is 1.09 bits per heavy atom. The van der Waals surface area contributed by atoms with Crippen LogP contribution in [0.25, 0.3) is 0 Å². The predicted octanol–water partition coefficient (Wildman–Crippen LogP) is 4.78. The first-order chi connectivity index (χ1) is 16.4.